The molecular weight excluding hydrogens is 1040 g/mol. The Balaban J connectivity index is 1.19. The second-order valence-electron chi connectivity index (χ2n) is 23.9. The fourth-order valence-corrected chi connectivity index (χ4v) is 13.0. The number of carbonyl (C=O) groups excluding carboxylic acids is 7. The number of hydrogen-bond acceptors (Lipinski definition) is 17. The van der Waals surface area contributed by atoms with Gasteiger partial charge in [0.15, 0.2) is 23.6 Å². The summed E-state index contributed by atoms with van der Waals surface area (Å²) in [6.45, 7) is 16.5. The molecule has 0 radical (unpaired) electrons. The van der Waals surface area contributed by atoms with Crippen LogP contribution >= 0.6 is 0 Å². The van der Waals surface area contributed by atoms with E-state index in [1.807, 2.05) is 30.3 Å². The van der Waals surface area contributed by atoms with Crippen LogP contribution < -0.4 is 4.74 Å². The Labute approximate surface area is 471 Å². The van der Waals surface area contributed by atoms with Crippen LogP contribution in [-0.2, 0) is 75.1 Å². The van der Waals surface area contributed by atoms with Crippen molar-refractivity contribution in [3.05, 3.63) is 149 Å². The average molecular weight is 1110 g/mol. The van der Waals surface area contributed by atoms with E-state index in [1.54, 1.807) is 128 Å². The Morgan fingerprint density at radius 1 is 0.741 bits per heavy atom. The van der Waals surface area contributed by atoms with Gasteiger partial charge in [-0.15, -0.1) is 0 Å². The minimum atomic E-state index is -2.47. The number of hydrogen-bond donors (Lipinski definition) is 1. The molecule has 3 aliphatic carbocycles. The lowest BCUT2D eigenvalue weighted by molar-refractivity contribution is -0.340. The number of Topliss-reactive ketones (excluding diaryl/α,β-unsaturated/α-hetero) is 1. The van der Waals surface area contributed by atoms with Crippen LogP contribution in [0.5, 0.6) is 5.75 Å². The first-order valence-corrected chi connectivity index (χ1v) is 27.2. The van der Waals surface area contributed by atoms with Crippen LogP contribution in [0.15, 0.2) is 126 Å². The number of benzene rings is 4. The van der Waals surface area contributed by atoms with Crippen LogP contribution in [0.1, 0.15) is 122 Å². The number of esters is 5. The lowest BCUT2D eigenvalue weighted by Gasteiger charge is -2.67. The Bertz CT molecular complexity index is 3100. The van der Waals surface area contributed by atoms with Crippen molar-refractivity contribution in [1.29, 1.82) is 0 Å². The standard InChI is InChI=1S/C63H71NO17/c1-36-45(77-56(70)50-48(64(60(9,10)80-50)57(71)81-58(4,5)6)41-27-29-43(30-28-41)73-33-39-21-15-12-16-22-39)32-63(72)53(78-54(68)42-25-19-14-20-26-42)51-61(11,52(67)49(76-37(2)65)47(36)59(63,7)8)44(31-46-62(51,35-75-46)79-38(3)66)55(69)74-34-40-23-17-13-18-24-40/h12-30,44-46,48-51,53,72H,31-35H2,1-11H3/t44-,45+,46-,48+,49-,50-,51+,53+,61-,62+,63-/m1/s1. The largest absolute Gasteiger partial charge is 0.489 e. The van der Waals surface area contributed by atoms with Crippen molar-refractivity contribution >= 4 is 41.7 Å². The van der Waals surface area contributed by atoms with Crippen LogP contribution in [0, 0.1) is 22.7 Å². The smallest absolute Gasteiger partial charge is 0.413 e. The summed E-state index contributed by atoms with van der Waals surface area (Å²) in [4.78, 5) is 104. The van der Waals surface area contributed by atoms with Gasteiger partial charge < -0.3 is 47.7 Å². The number of fused-ring (bicyclic) bond motifs is 5. The molecule has 2 heterocycles. The van der Waals surface area contributed by atoms with Crippen molar-refractivity contribution in [2.24, 2.45) is 22.7 Å². The third-order valence-electron chi connectivity index (χ3n) is 16.8. The monoisotopic (exact) mass is 1110 g/mol. The zero-order chi connectivity index (χ0) is 58.6. The average Bonchev–Trinajstić information content (AvgIpc) is 2.67. The van der Waals surface area contributed by atoms with Crippen molar-refractivity contribution < 1.29 is 81.3 Å². The highest BCUT2D eigenvalue weighted by Crippen LogP contribution is 2.66. The summed E-state index contributed by atoms with van der Waals surface area (Å²) in [5.74, 6) is -8.03. The van der Waals surface area contributed by atoms with Crippen molar-refractivity contribution in [2.75, 3.05) is 6.61 Å². The van der Waals surface area contributed by atoms with Crippen molar-refractivity contribution in [3.63, 3.8) is 0 Å². The third-order valence-corrected chi connectivity index (χ3v) is 16.8. The molecule has 1 N–H and O–H groups in total. The molecule has 4 aromatic rings. The minimum Gasteiger partial charge on any atom is -0.489 e. The Morgan fingerprint density at radius 2 is 1.33 bits per heavy atom. The number of carbonyl (C=O) groups is 7. The maximum absolute atomic E-state index is 16.5. The zero-order valence-corrected chi connectivity index (χ0v) is 47.6. The van der Waals surface area contributed by atoms with E-state index in [0.717, 1.165) is 19.4 Å². The molecule has 1 amide bonds. The van der Waals surface area contributed by atoms with Crippen molar-refractivity contribution in [3.8, 4) is 5.75 Å². The molecule has 18 heteroatoms. The molecule has 2 bridgehead atoms. The number of ether oxygens (including phenoxy) is 9. The van der Waals surface area contributed by atoms with E-state index in [4.69, 9.17) is 42.6 Å². The van der Waals surface area contributed by atoms with E-state index >= 15 is 9.59 Å². The molecule has 4 fully saturated rings. The second kappa shape index (κ2) is 21.8. The van der Waals surface area contributed by atoms with Gasteiger partial charge in [0, 0.05) is 25.7 Å². The number of aliphatic hydroxyl groups is 1. The highest BCUT2D eigenvalue weighted by molar-refractivity contribution is 5.98. The lowest BCUT2D eigenvalue weighted by atomic mass is 9.43. The molecule has 0 aromatic heterocycles. The van der Waals surface area contributed by atoms with Crippen LogP contribution in [0.3, 0.4) is 0 Å². The molecule has 0 spiro atoms. The minimum absolute atomic E-state index is 0.00898. The summed E-state index contributed by atoms with van der Waals surface area (Å²) < 4.78 is 56.4. The molecule has 11 atom stereocenters. The Morgan fingerprint density at radius 3 is 1.89 bits per heavy atom. The van der Waals surface area contributed by atoms with E-state index in [2.05, 4.69) is 0 Å². The number of amides is 1. The first kappa shape index (κ1) is 58.3. The Kier molecular flexibility index (Phi) is 15.7. The van der Waals surface area contributed by atoms with Gasteiger partial charge in [-0.3, -0.25) is 24.1 Å². The van der Waals surface area contributed by atoms with Crippen molar-refractivity contribution in [1.82, 2.24) is 4.90 Å². The molecule has 18 nitrogen and oxygen atoms in total. The molecule has 9 rings (SSSR count). The molecule has 81 heavy (non-hydrogen) atoms. The number of ketones is 1. The van der Waals surface area contributed by atoms with Gasteiger partial charge in [-0.25, -0.2) is 14.4 Å². The van der Waals surface area contributed by atoms with Gasteiger partial charge in [-0.1, -0.05) is 112 Å². The third kappa shape index (κ3) is 10.7. The van der Waals surface area contributed by atoms with Crippen LogP contribution in [0.4, 0.5) is 4.79 Å². The lowest BCUT2D eigenvalue weighted by Crippen LogP contribution is -2.81. The van der Waals surface area contributed by atoms with Gasteiger partial charge >= 0.3 is 35.9 Å². The summed E-state index contributed by atoms with van der Waals surface area (Å²) in [5.41, 5.74) is -8.49. The molecule has 0 unspecified atom stereocenters. The van der Waals surface area contributed by atoms with E-state index in [1.165, 1.54) is 24.0 Å². The normalized spacial score (nSPS) is 29.9. The maximum Gasteiger partial charge on any atom is 0.413 e. The maximum atomic E-state index is 16.5. The fraction of sp³-hybridized carbons (Fsp3) is 0.476. The van der Waals surface area contributed by atoms with Gasteiger partial charge in [-0.05, 0) is 100 Å². The SMILES string of the molecule is CC(=O)O[C@H]1C(=O)[C@]2(C)[C@@H](C(=O)OCc3ccccc3)C[C@H]3OC[C@@]3(OC(C)=O)[C@H]2[C@H](OC(=O)c2ccccc2)[C@]2(O)C[C@H](OC(=O)[C@@H]3OC(C)(C)N(C(=O)OC(C)(C)C)[C@H]3c3ccc(OCc4ccccc4)cc3)C(C)=C1C2(C)C. The highest BCUT2D eigenvalue weighted by atomic mass is 16.6. The van der Waals surface area contributed by atoms with Gasteiger partial charge in [0.25, 0.3) is 0 Å². The van der Waals surface area contributed by atoms with Crippen LogP contribution in [0.25, 0.3) is 0 Å². The second-order valence-corrected chi connectivity index (χ2v) is 23.9. The predicted molar refractivity (Wildman–Crippen MR) is 289 cm³/mol. The molecule has 4 aromatic carbocycles. The topological polar surface area (TPSA) is 226 Å². The van der Waals surface area contributed by atoms with Crippen LogP contribution in [0.2, 0.25) is 0 Å². The number of nitrogens with zero attached hydrogens (tertiary/aromatic N) is 1. The predicted octanol–water partition coefficient (Wildman–Crippen LogP) is 8.89. The first-order chi connectivity index (χ1) is 38.1. The summed E-state index contributed by atoms with van der Waals surface area (Å²) in [5, 5.41) is 14.3. The zero-order valence-electron chi connectivity index (χ0n) is 47.6. The summed E-state index contributed by atoms with van der Waals surface area (Å²) in [7, 11) is 0. The molecular formula is C63H71NO17. The van der Waals surface area contributed by atoms with Gasteiger partial charge in [0.1, 0.15) is 60.2 Å². The van der Waals surface area contributed by atoms with Gasteiger partial charge in [0.05, 0.1) is 29.4 Å². The highest BCUT2D eigenvalue weighted by Gasteiger charge is 2.79. The first-order valence-electron chi connectivity index (χ1n) is 27.2. The summed E-state index contributed by atoms with van der Waals surface area (Å²) in [6.07, 6.45) is -9.61. The van der Waals surface area contributed by atoms with Gasteiger partial charge in [0.2, 0.25) is 0 Å². The fourth-order valence-electron chi connectivity index (χ4n) is 13.0. The molecule has 2 saturated carbocycles. The van der Waals surface area contributed by atoms with Crippen molar-refractivity contribution in [2.45, 2.75) is 161 Å². The van der Waals surface area contributed by atoms with E-state index in [9.17, 15) is 29.1 Å². The molecule has 2 saturated heterocycles. The van der Waals surface area contributed by atoms with E-state index in [0.29, 0.717) is 16.9 Å². The molecule has 2 aliphatic heterocycles. The van der Waals surface area contributed by atoms with E-state index < -0.39 is 130 Å². The molecule has 5 aliphatic rings. The summed E-state index contributed by atoms with van der Waals surface area (Å²) in [6, 6.07) is 32.0. The number of rotatable bonds is 13. The van der Waals surface area contributed by atoms with E-state index in [-0.39, 0.29) is 43.0 Å². The van der Waals surface area contributed by atoms with Gasteiger partial charge in [-0.2, -0.15) is 0 Å². The summed E-state index contributed by atoms with van der Waals surface area (Å²) >= 11 is 0. The quantitative estimate of drug-likeness (QED) is 0.0749. The molecule has 430 valence electrons. The Hall–Kier alpha value is -7.41. The van der Waals surface area contributed by atoms with Crippen LogP contribution in [-0.4, -0.2) is 111 Å².